The van der Waals surface area contributed by atoms with Crippen molar-refractivity contribution in [2.45, 2.75) is 116 Å². The number of rotatable bonds is 20. The van der Waals surface area contributed by atoms with Gasteiger partial charge in [0.1, 0.15) is 28.8 Å². The summed E-state index contributed by atoms with van der Waals surface area (Å²) in [6, 6.07) is 29.0. The van der Waals surface area contributed by atoms with Crippen LogP contribution in [0, 0.1) is 0 Å². The van der Waals surface area contributed by atoms with Crippen LogP contribution in [0.3, 0.4) is 0 Å². The molecule has 6 rings (SSSR count). The average Bonchev–Trinajstić information content (AvgIpc) is 3.27. The molecular weight excluding hydrogens is 811 g/mol. The van der Waals surface area contributed by atoms with E-state index in [1.807, 2.05) is 0 Å². The monoisotopic (exact) mass is 868 g/mol. The normalized spacial score (nSPS) is 14.3. The largest absolute Gasteiger partial charge is 0.494 e. The van der Waals surface area contributed by atoms with Crippen molar-refractivity contribution in [2.24, 2.45) is 0 Å². The number of carbonyl (C=O) groups excluding carboxylic acids is 4. The Labute approximate surface area is 375 Å². The van der Waals surface area contributed by atoms with Crippen LogP contribution in [0.4, 0.5) is 0 Å². The first-order chi connectivity index (χ1) is 30.7. The smallest absolute Gasteiger partial charge is 0.343 e. The molecule has 0 unspecified atom stereocenters. The predicted octanol–water partition coefficient (Wildman–Crippen LogP) is 12.4. The van der Waals surface area contributed by atoms with Gasteiger partial charge in [-0.2, -0.15) is 0 Å². The number of ether oxygens (including phenoxy) is 5. The fraction of sp³-hybridized carbons (Fsp3) is 0.358. The van der Waals surface area contributed by atoms with Crippen molar-refractivity contribution in [1.82, 2.24) is 5.06 Å². The maximum absolute atomic E-state index is 13.2. The zero-order valence-electron chi connectivity index (χ0n) is 37.5. The Hall–Kier alpha value is -6.30. The van der Waals surface area contributed by atoms with Crippen LogP contribution in [0.15, 0.2) is 121 Å². The number of hydrogen-bond acceptors (Lipinski definition) is 10. The second kappa shape index (κ2) is 21.9. The molecule has 1 heterocycles. The van der Waals surface area contributed by atoms with E-state index >= 15 is 0 Å². The maximum atomic E-state index is 13.2. The van der Waals surface area contributed by atoms with Gasteiger partial charge in [-0.05, 0) is 148 Å². The Morgan fingerprint density at radius 2 is 0.906 bits per heavy atom. The molecule has 0 N–H and O–H groups in total. The first kappa shape index (κ1) is 47.2. The van der Waals surface area contributed by atoms with Gasteiger partial charge < -0.3 is 23.7 Å². The zero-order chi connectivity index (χ0) is 45.7. The van der Waals surface area contributed by atoms with Gasteiger partial charge in [0.2, 0.25) is 0 Å². The first-order valence-electron chi connectivity index (χ1n) is 22.3. The SMILES string of the molecule is CCCCCCCCCCCCOc1ccc(C(=O)Oc2ccc(C(=O)Oc3ccc4ccc(C(=O)Oc5ccc(C(=O)OC6=CC(C)(C)N([O])C(C)(C)C6)cc5)cc4c3)cc2)cc1. The van der Waals surface area contributed by atoms with Crippen molar-refractivity contribution in [2.75, 3.05) is 6.61 Å². The molecule has 0 saturated carbocycles. The molecule has 5 aromatic carbocycles. The van der Waals surface area contributed by atoms with Crippen LogP contribution in [0.5, 0.6) is 23.0 Å². The summed E-state index contributed by atoms with van der Waals surface area (Å²) in [5, 5.41) is 15.1. The van der Waals surface area contributed by atoms with Crippen molar-refractivity contribution >= 4 is 34.6 Å². The maximum Gasteiger partial charge on any atom is 0.343 e. The van der Waals surface area contributed by atoms with E-state index in [0.29, 0.717) is 29.1 Å². The van der Waals surface area contributed by atoms with Gasteiger partial charge in [-0.1, -0.05) is 76.8 Å². The van der Waals surface area contributed by atoms with Crippen LogP contribution < -0.4 is 18.9 Å². The molecule has 1 aliphatic rings. The summed E-state index contributed by atoms with van der Waals surface area (Å²) in [7, 11) is 0. The van der Waals surface area contributed by atoms with Gasteiger partial charge >= 0.3 is 23.9 Å². The summed E-state index contributed by atoms with van der Waals surface area (Å²) in [5.41, 5.74) is -0.448. The third-order valence-electron chi connectivity index (χ3n) is 11.1. The third kappa shape index (κ3) is 13.1. The van der Waals surface area contributed by atoms with E-state index in [2.05, 4.69) is 6.92 Å². The van der Waals surface area contributed by atoms with Crippen LogP contribution >= 0.6 is 0 Å². The van der Waals surface area contributed by atoms with E-state index in [0.717, 1.165) is 23.3 Å². The van der Waals surface area contributed by atoms with Gasteiger partial charge in [0.05, 0.1) is 39.9 Å². The lowest BCUT2D eigenvalue weighted by Crippen LogP contribution is -2.54. The predicted molar refractivity (Wildman–Crippen MR) is 244 cm³/mol. The van der Waals surface area contributed by atoms with E-state index in [-0.39, 0.29) is 40.4 Å². The number of hydroxylamine groups is 2. The van der Waals surface area contributed by atoms with Gasteiger partial charge in [0, 0.05) is 6.42 Å². The lowest BCUT2D eigenvalue weighted by atomic mass is 9.86. The highest BCUT2D eigenvalue weighted by Crippen LogP contribution is 2.37. The van der Waals surface area contributed by atoms with Crippen LogP contribution in [-0.4, -0.2) is 46.6 Å². The van der Waals surface area contributed by atoms with Crippen molar-refractivity contribution in [3.05, 3.63) is 143 Å². The van der Waals surface area contributed by atoms with Crippen LogP contribution in [0.2, 0.25) is 0 Å². The van der Waals surface area contributed by atoms with Crippen molar-refractivity contribution in [3.63, 3.8) is 0 Å². The molecule has 0 bridgehead atoms. The molecule has 0 atom stereocenters. The fourth-order valence-corrected chi connectivity index (χ4v) is 7.72. The number of hydrogen-bond donors (Lipinski definition) is 0. The second-order valence-electron chi connectivity index (χ2n) is 17.4. The minimum atomic E-state index is -0.838. The second-order valence-corrected chi connectivity index (χ2v) is 17.4. The molecular formula is C53H58NO10. The summed E-state index contributed by atoms with van der Waals surface area (Å²) in [5.74, 6) is -0.488. The topological polar surface area (TPSA) is 138 Å². The molecule has 64 heavy (non-hydrogen) atoms. The molecule has 0 amide bonds. The molecule has 0 aromatic heterocycles. The molecule has 11 heteroatoms. The first-order valence-corrected chi connectivity index (χ1v) is 22.3. The van der Waals surface area contributed by atoms with Gasteiger partial charge in [-0.3, -0.25) is 0 Å². The van der Waals surface area contributed by atoms with Crippen LogP contribution in [0.25, 0.3) is 10.8 Å². The quantitative estimate of drug-likeness (QED) is 0.0422. The summed E-state index contributed by atoms with van der Waals surface area (Å²) in [6.45, 7) is 10.0. The molecule has 0 aliphatic carbocycles. The lowest BCUT2D eigenvalue weighted by Gasteiger charge is -2.44. The molecule has 1 aliphatic heterocycles. The highest BCUT2D eigenvalue weighted by molar-refractivity contribution is 5.98. The number of fused-ring (bicyclic) bond motifs is 1. The summed E-state index contributed by atoms with van der Waals surface area (Å²) < 4.78 is 28.3. The summed E-state index contributed by atoms with van der Waals surface area (Å²) in [6.07, 6.45) is 14.5. The molecule has 11 nitrogen and oxygen atoms in total. The van der Waals surface area contributed by atoms with Crippen molar-refractivity contribution in [1.29, 1.82) is 0 Å². The molecule has 335 valence electrons. The number of esters is 4. The number of carbonyl (C=O) groups is 4. The number of nitrogens with zero attached hydrogens (tertiary/aromatic N) is 1. The van der Waals surface area contributed by atoms with Gasteiger partial charge in [-0.15, -0.1) is 10.3 Å². The van der Waals surface area contributed by atoms with Gasteiger partial charge in [-0.25, -0.2) is 19.2 Å². The van der Waals surface area contributed by atoms with Crippen LogP contribution in [0.1, 0.15) is 147 Å². The minimum absolute atomic E-state index is 0.222. The molecule has 0 fully saturated rings. The standard InChI is InChI=1S/C53H58NO10/c1-6-7-8-9-10-11-12-13-14-15-32-60-43-25-19-38(20-26-43)48(55)61-44-27-21-39(22-28-44)49(56)63-46-31-18-37-16-17-41(33-42(37)34-46)51(58)62-45-29-23-40(24-30-45)50(57)64-47-35-52(2,3)54(59)53(4,5)36-47/h16-31,33-35H,6-15,32,36H2,1-5H3. The summed E-state index contributed by atoms with van der Waals surface area (Å²) in [4.78, 5) is 52.0. The number of benzene rings is 5. The molecule has 0 spiro atoms. The van der Waals surface area contributed by atoms with E-state index < -0.39 is 35.0 Å². The van der Waals surface area contributed by atoms with Crippen molar-refractivity contribution < 1.29 is 48.1 Å². The van der Waals surface area contributed by atoms with E-state index in [4.69, 9.17) is 23.7 Å². The fourth-order valence-electron chi connectivity index (χ4n) is 7.72. The van der Waals surface area contributed by atoms with Crippen molar-refractivity contribution in [3.8, 4) is 23.0 Å². The third-order valence-corrected chi connectivity index (χ3v) is 11.1. The van der Waals surface area contributed by atoms with E-state index in [1.54, 1.807) is 94.4 Å². The molecule has 0 saturated heterocycles. The zero-order valence-corrected chi connectivity index (χ0v) is 37.5. The van der Waals surface area contributed by atoms with E-state index in [9.17, 15) is 24.4 Å². The van der Waals surface area contributed by atoms with E-state index in [1.165, 1.54) is 99.9 Å². The molecule has 1 radical (unpaired) electrons. The Kier molecular flexibility index (Phi) is 16.1. The molecule has 5 aromatic rings. The summed E-state index contributed by atoms with van der Waals surface area (Å²) >= 11 is 0. The Balaban J connectivity index is 0.951. The minimum Gasteiger partial charge on any atom is -0.494 e. The Morgan fingerprint density at radius 1 is 0.484 bits per heavy atom. The number of unbranched alkanes of at least 4 members (excludes halogenated alkanes) is 9. The lowest BCUT2D eigenvalue weighted by molar-refractivity contribution is -0.265. The highest BCUT2D eigenvalue weighted by Gasteiger charge is 2.43. The Morgan fingerprint density at radius 3 is 1.44 bits per heavy atom. The average molecular weight is 869 g/mol. The van der Waals surface area contributed by atoms with Gasteiger partial charge in [0.15, 0.2) is 0 Å². The Bertz CT molecular complexity index is 2420. The van der Waals surface area contributed by atoms with Gasteiger partial charge in [0.25, 0.3) is 0 Å². The van der Waals surface area contributed by atoms with Crippen LogP contribution in [-0.2, 0) is 9.94 Å². The highest BCUT2D eigenvalue weighted by atomic mass is 16.6.